The van der Waals surface area contributed by atoms with Crippen molar-refractivity contribution in [2.24, 2.45) is 0 Å². The number of aromatic amines is 1. The molecule has 0 bridgehead atoms. The molecule has 114 valence electrons. The number of hydrogen-bond acceptors (Lipinski definition) is 2. The molecule has 5 rings (SSSR count). The van der Waals surface area contributed by atoms with E-state index >= 15 is 0 Å². The highest BCUT2D eigenvalue weighted by Crippen LogP contribution is 2.39. The Morgan fingerprint density at radius 2 is 1.46 bits per heavy atom. The van der Waals surface area contributed by atoms with Crippen molar-refractivity contribution in [2.45, 2.75) is 0 Å². The van der Waals surface area contributed by atoms with E-state index in [2.05, 4.69) is 83.0 Å². The summed E-state index contributed by atoms with van der Waals surface area (Å²) in [5.41, 5.74) is 4.51. The molecule has 0 spiro atoms. The second kappa shape index (κ2) is 5.32. The van der Waals surface area contributed by atoms with Crippen LogP contribution in [0.5, 0.6) is 0 Å². The van der Waals surface area contributed by atoms with Crippen LogP contribution >= 0.6 is 11.3 Å². The number of fused-ring (bicyclic) bond motifs is 3. The van der Waals surface area contributed by atoms with Crippen LogP contribution in [0.2, 0.25) is 0 Å². The van der Waals surface area contributed by atoms with Gasteiger partial charge in [0.2, 0.25) is 0 Å². The zero-order valence-corrected chi connectivity index (χ0v) is 13.7. The van der Waals surface area contributed by atoms with Crippen LogP contribution in [0.25, 0.3) is 42.7 Å². The fraction of sp³-hybridized carbons (Fsp3) is 0. The molecular weight excluding hydrogens is 312 g/mol. The predicted molar refractivity (Wildman–Crippen MR) is 102 cm³/mol. The Hall–Kier alpha value is -2.91. The van der Waals surface area contributed by atoms with Gasteiger partial charge in [-0.2, -0.15) is 5.10 Å². The van der Waals surface area contributed by atoms with Crippen molar-refractivity contribution in [2.75, 3.05) is 0 Å². The van der Waals surface area contributed by atoms with Gasteiger partial charge < -0.3 is 0 Å². The van der Waals surface area contributed by atoms with Gasteiger partial charge in [0, 0.05) is 25.9 Å². The molecule has 0 saturated heterocycles. The number of aromatic nitrogens is 2. The molecule has 0 saturated carbocycles. The van der Waals surface area contributed by atoms with Gasteiger partial charge in [-0.1, -0.05) is 60.7 Å². The minimum absolute atomic E-state index is 1.02. The van der Waals surface area contributed by atoms with Crippen LogP contribution in [0.1, 0.15) is 0 Å². The minimum atomic E-state index is 1.02. The lowest BCUT2D eigenvalue weighted by molar-refractivity contribution is 1.12. The zero-order chi connectivity index (χ0) is 15.9. The highest BCUT2D eigenvalue weighted by molar-refractivity contribution is 7.22. The Balaban J connectivity index is 1.81. The van der Waals surface area contributed by atoms with E-state index < -0.39 is 0 Å². The van der Waals surface area contributed by atoms with Crippen LogP contribution in [0.4, 0.5) is 0 Å². The second-order valence-corrected chi connectivity index (χ2v) is 6.90. The molecule has 0 radical (unpaired) electrons. The van der Waals surface area contributed by atoms with Crippen LogP contribution in [0.3, 0.4) is 0 Å². The van der Waals surface area contributed by atoms with Gasteiger partial charge >= 0.3 is 0 Å². The first-order valence-corrected chi connectivity index (χ1v) is 8.73. The molecular formula is C21H14N2S. The van der Waals surface area contributed by atoms with Crippen LogP contribution < -0.4 is 0 Å². The van der Waals surface area contributed by atoms with Crippen molar-refractivity contribution in [1.29, 1.82) is 0 Å². The number of thiophene rings is 1. The average molecular weight is 326 g/mol. The van der Waals surface area contributed by atoms with Gasteiger partial charge in [0.15, 0.2) is 0 Å². The van der Waals surface area contributed by atoms with E-state index in [0.717, 1.165) is 16.8 Å². The van der Waals surface area contributed by atoms with Crippen molar-refractivity contribution < 1.29 is 0 Å². The third kappa shape index (κ3) is 2.06. The first-order chi connectivity index (χ1) is 11.9. The van der Waals surface area contributed by atoms with E-state index in [1.807, 2.05) is 17.4 Å². The van der Waals surface area contributed by atoms with Crippen LogP contribution in [-0.2, 0) is 0 Å². The standard InChI is InChI=1S/C21H14N2S/c1-3-7-14(8-4-1)19-13-16-18(24-19)12-11-17-20(16)21(23-22-17)15-9-5-2-6-10-15/h1-13H,(H,22,23). The topological polar surface area (TPSA) is 28.7 Å². The van der Waals surface area contributed by atoms with Crippen molar-refractivity contribution in [1.82, 2.24) is 10.2 Å². The summed E-state index contributed by atoms with van der Waals surface area (Å²) in [4.78, 5) is 1.29. The van der Waals surface area contributed by atoms with Crippen molar-refractivity contribution in [3.8, 4) is 21.7 Å². The Kier molecular flexibility index (Phi) is 3.00. The summed E-state index contributed by atoms with van der Waals surface area (Å²) in [5, 5.41) is 10.2. The van der Waals surface area contributed by atoms with Gasteiger partial charge in [0.05, 0.1) is 5.52 Å². The summed E-state index contributed by atoms with van der Waals surface area (Å²) in [7, 11) is 0. The van der Waals surface area contributed by atoms with Gasteiger partial charge in [-0.15, -0.1) is 11.3 Å². The minimum Gasteiger partial charge on any atom is -0.277 e. The number of nitrogens with zero attached hydrogens (tertiary/aromatic N) is 1. The number of hydrogen-bond donors (Lipinski definition) is 1. The quantitative estimate of drug-likeness (QED) is 0.416. The molecule has 2 nitrogen and oxygen atoms in total. The fourth-order valence-electron chi connectivity index (χ4n) is 3.18. The summed E-state index contributed by atoms with van der Waals surface area (Å²) in [6.07, 6.45) is 0. The molecule has 1 N–H and O–H groups in total. The lowest BCUT2D eigenvalue weighted by Crippen LogP contribution is -1.78. The predicted octanol–water partition coefficient (Wildman–Crippen LogP) is 6.11. The van der Waals surface area contributed by atoms with Gasteiger partial charge in [-0.3, -0.25) is 5.10 Å². The summed E-state index contributed by atoms with van der Waals surface area (Å²) in [5.74, 6) is 0. The molecule has 5 aromatic rings. The van der Waals surface area contributed by atoms with E-state index in [9.17, 15) is 0 Å². The third-order valence-electron chi connectivity index (χ3n) is 4.33. The van der Waals surface area contributed by atoms with Crippen molar-refractivity contribution >= 4 is 32.3 Å². The summed E-state index contributed by atoms with van der Waals surface area (Å²) in [6, 6.07) is 27.5. The monoisotopic (exact) mass is 326 g/mol. The SMILES string of the molecule is c1ccc(-c2cc3c(ccc4[nH]nc(-c5ccccc5)c43)s2)cc1. The Labute approximate surface area is 143 Å². The Morgan fingerprint density at radius 3 is 2.21 bits per heavy atom. The first-order valence-electron chi connectivity index (χ1n) is 7.91. The number of rotatable bonds is 2. The first kappa shape index (κ1) is 13.5. The third-order valence-corrected chi connectivity index (χ3v) is 5.48. The maximum atomic E-state index is 4.58. The maximum absolute atomic E-state index is 4.58. The average Bonchev–Trinajstić information content (AvgIpc) is 3.27. The van der Waals surface area contributed by atoms with Gasteiger partial charge in [-0.05, 0) is 23.8 Å². The van der Waals surface area contributed by atoms with Crippen molar-refractivity contribution in [3.05, 3.63) is 78.9 Å². The zero-order valence-electron chi connectivity index (χ0n) is 12.9. The molecule has 3 heteroatoms. The molecule has 0 aliphatic heterocycles. The fourth-order valence-corrected chi connectivity index (χ4v) is 4.26. The molecule has 3 aromatic carbocycles. The van der Waals surface area contributed by atoms with Crippen LogP contribution in [0.15, 0.2) is 78.9 Å². The number of benzene rings is 3. The Morgan fingerprint density at radius 1 is 0.750 bits per heavy atom. The van der Waals surface area contributed by atoms with E-state index in [1.165, 1.54) is 25.9 Å². The molecule has 24 heavy (non-hydrogen) atoms. The highest BCUT2D eigenvalue weighted by Gasteiger charge is 2.14. The van der Waals surface area contributed by atoms with E-state index in [0.29, 0.717) is 0 Å². The molecule has 0 amide bonds. The lowest BCUT2D eigenvalue weighted by Gasteiger charge is -1.98. The number of H-pyrrole nitrogens is 1. The highest BCUT2D eigenvalue weighted by atomic mass is 32.1. The van der Waals surface area contributed by atoms with Gasteiger partial charge in [0.1, 0.15) is 5.69 Å². The molecule has 2 heterocycles. The van der Waals surface area contributed by atoms with Gasteiger partial charge in [-0.25, -0.2) is 0 Å². The number of nitrogens with one attached hydrogen (secondary N) is 1. The maximum Gasteiger partial charge on any atom is 0.101 e. The summed E-state index contributed by atoms with van der Waals surface area (Å²) in [6.45, 7) is 0. The Bertz CT molecular complexity index is 1140. The summed E-state index contributed by atoms with van der Waals surface area (Å²) < 4.78 is 1.29. The largest absolute Gasteiger partial charge is 0.277 e. The lowest BCUT2D eigenvalue weighted by atomic mass is 10.0. The van der Waals surface area contributed by atoms with E-state index in [-0.39, 0.29) is 0 Å². The molecule has 0 aliphatic carbocycles. The van der Waals surface area contributed by atoms with Crippen LogP contribution in [0, 0.1) is 0 Å². The molecule has 0 aliphatic rings. The van der Waals surface area contributed by atoms with Crippen LogP contribution in [-0.4, -0.2) is 10.2 Å². The van der Waals surface area contributed by atoms with Gasteiger partial charge in [0.25, 0.3) is 0 Å². The smallest absolute Gasteiger partial charge is 0.101 e. The van der Waals surface area contributed by atoms with E-state index in [4.69, 9.17) is 0 Å². The normalized spacial score (nSPS) is 11.3. The molecule has 0 unspecified atom stereocenters. The molecule has 2 aromatic heterocycles. The molecule has 0 fully saturated rings. The second-order valence-electron chi connectivity index (χ2n) is 5.81. The molecule has 0 atom stereocenters. The van der Waals surface area contributed by atoms with Crippen molar-refractivity contribution in [3.63, 3.8) is 0 Å². The van der Waals surface area contributed by atoms with E-state index in [1.54, 1.807) is 0 Å². The summed E-state index contributed by atoms with van der Waals surface area (Å²) >= 11 is 1.83.